The summed E-state index contributed by atoms with van der Waals surface area (Å²) in [6.07, 6.45) is 8.40. The van der Waals surface area contributed by atoms with Crippen molar-refractivity contribution in [2.45, 2.75) is 25.7 Å². The van der Waals surface area contributed by atoms with Gasteiger partial charge >= 0.3 is 24.0 Å². The summed E-state index contributed by atoms with van der Waals surface area (Å²) < 4.78 is 5.42. The van der Waals surface area contributed by atoms with E-state index in [2.05, 4.69) is 22.8 Å². The lowest BCUT2D eigenvalue weighted by molar-refractivity contribution is -0.140. The summed E-state index contributed by atoms with van der Waals surface area (Å²) in [7, 11) is 0. The van der Waals surface area contributed by atoms with Gasteiger partial charge in [-0.3, -0.25) is 38.8 Å². The largest absolute Gasteiger partial charge is 0.480 e. The Morgan fingerprint density at radius 3 is 1.41 bits per heavy atom. The van der Waals surface area contributed by atoms with Gasteiger partial charge in [-0.15, -0.1) is 0 Å². The number of carbonyl (C=O) groups excluding carboxylic acids is 2. The molecular formula is C29H48N6O9. The predicted molar refractivity (Wildman–Crippen MR) is 159 cm³/mol. The van der Waals surface area contributed by atoms with Gasteiger partial charge < -0.3 is 30.7 Å². The van der Waals surface area contributed by atoms with E-state index in [9.17, 15) is 39.3 Å². The fraction of sp³-hybridized carbons (Fsp3) is 0.759. The molecule has 1 saturated heterocycles. The maximum atomic E-state index is 12.7. The summed E-state index contributed by atoms with van der Waals surface area (Å²) in [5.41, 5.74) is 0. The number of nitrogens with zero attached hydrogens (tertiary/aromatic N) is 4. The lowest BCUT2D eigenvalue weighted by Gasteiger charge is -2.32. The number of ether oxygens (including phenoxy) is 1. The standard InChI is InChI=1S/C29H48N6O9/c36-25(30-7-8-31-29(43)44-21-24-22-5-3-1-2-4-6-23(22)24)17-32-9-11-33(18-26(37)38)13-15-35(20-28(41)42)16-14-34(12-10-32)19-27(39)40/h1-2,22-24H,3-21H2,(H,30,36)(H,31,43)(H,37,38)(H,39,40)(H,41,42)/b2-1-/t22-,23+,24-. The molecule has 2 amide bonds. The number of carboxylic acid groups (broad SMARTS) is 3. The van der Waals surface area contributed by atoms with Crippen molar-refractivity contribution in [3.63, 3.8) is 0 Å². The quantitative estimate of drug-likeness (QED) is 0.128. The number of amides is 2. The number of carboxylic acids is 3. The van der Waals surface area contributed by atoms with E-state index in [0.717, 1.165) is 25.7 Å². The smallest absolute Gasteiger partial charge is 0.407 e. The van der Waals surface area contributed by atoms with Crippen LogP contribution in [-0.4, -0.2) is 163 Å². The van der Waals surface area contributed by atoms with Crippen molar-refractivity contribution in [1.29, 1.82) is 0 Å². The summed E-state index contributed by atoms with van der Waals surface area (Å²) in [5, 5.41) is 33.4. The van der Waals surface area contributed by atoms with Crippen molar-refractivity contribution in [2.75, 3.05) is 98.2 Å². The number of fused-ring (bicyclic) bond motifs is 1. The summed E-state index contributed by atoms with van der Waals surface area (Å²) in [6, 6.07) is 0. The van der Waals surface area contributed by atoms with Crippen molar-refractivity contribution in [3.8, 4) is 0 Å². The Kier molecular flexibility index (Phi) is 14.8. The highest BCUT2D eigenvalue weighted by molar-refractivity contribution is 5.78. The topological polar surface area (TPSA) is 192 Å². The second kappa shape index (κ2) is 18.5. The van der Waals surface area contributed by atoms with Gasteiger partial charge in [0.05, 0.1) is 32.8 Å². The number of hydrogen-bond donors (Lipinski definition) is 5. The van der Waals surface area contributed by atoms with E-state index in [1.165, 1.54) is 0 Å². The molecule has 0 aromatic rings. The first-order valence-corrected chi connectivity index (χ1v) is 15.5. The molecule has 1 aliphatic heterocycles. The molecular weight excluding hydrogens is 576 g/mol. The van der Waals surface area contributed by atoms with Crippen LogP contribution in [0.3, 0.4) is 0 Å². The fourth-order valence-electron chi connectivity index (χ4n) is 6.07. The molecule has 5 N–H and O–H groups in total. The molecule has 248 valence electrons. The van der Waals surface area contributed by atoms with Crippen LogP contribution in [0.15, 0.2) is 12.2 Å². The van der Waals surface area contributed by atoms with Gasteiger partial charge in [-0.2, -0.15) is 0 Å². The lowest BCUT2D eigenvalue weighted by atomic mass is 10.1. The maximum Gasteiger partial charge on any atom is 0.407 e. The van der Waals surface area contributed by atoms with Crippen LogP contribution in [0.1, 0.15) is 25.7 Å². The van der Waals surface area contributed by atoms with Crippen LogP contribution in [0.5, 0.6) is 0 Å². The van der Waals surface area contributed by atoms with Gasteiger partial charge in [-0.1, -0.05) is 12.2 Å². The van der Waals surface area contributed by atoms with Crippen LogP contribution in [0.4, 0.5) is 4.79 Å². The van der Waals surface area contributed by atoms with E-state index in [1.54, 1.807) is 14.7 Å². The van der Waals surface area contributed by atoms with Crippen molar-refractivity contribution in [2.24, 2.45) is 17.8 Å². The number of rotatable bonds is 13. The van der Waals surface area contributed by atoms with E-state index in [0.29, 0.717) is 76.7 Å². The first kappa shape index (κ1) is 35.2. The third-order valence-electron chi connectivity index (χ3n) is 8.51. The van der Waals surface area contributed by atoms with Crippen molar-refractivity contribution < 1.29 is 44.0 Å². The molecule has 3 rings (SSSR count). The van der Waals surface area contributed by atoms with Crippen LogP contribution >= 0.6 is 0 Å². The molecule has 44 heavy (non-hydrogen) atoms. The second-order valence-electron chi connectivity index (χ2n) is 11.8. The Labute approximate surface area is 258 Å². The van der Waals surface area contributed by atoms with E-state index in [4.69, 9.17) is 4.74 Å². The summed E-state index contributed by atoms with van der Waals surface area (Å²) in [6.45, 7) is 2.71. The van der Waals surface area contributed by atoms with Crippen LogP contribution < -0.4 is 10.6 Å². The zero-order valence-electron chi connectivity index (χ0n) is 25.4. The number of alkyl carbamates (subject to hydrolysis) is 1. The third kappa shape index (κ3) is 13.6. The Balaban J connectivity index is 1.44. The Hall–Kier alpha value is -3.27. The van der Waals surface area contributed by atoms with Crippen LogP contribution in [0.2, 0.25) is 0 Å². The summed E-state index contributed by atoms with van der Waals surface area (Å²) >= 11 is 0. The van der Waals surface area contributed by atoms with Crippen LogP contribution in [0, 0.1) is 17.8 Å². The molecule has 2 aliphatic carbocycles. The molecule has 0 aromatic heterocycles. The van der Waals surface area contributed by atoms with Crippen molar-refractivity contribution in [3.05, 3.63) is 12.2 Å². The van der Waals surface area contributed by atoms with Gasteiger partial charge in [0.2, 0.25) is 5.91 Å². The van der Waals surface area contributed by atoms with Crippen molar-refractivity contribution >= 4 is 29.9 Å². The molecule has 0 radical (unpaired) electrons. The Morgan fingerprint density at radius 1 is 0.614 bits per heavy atom. The zero-order chi connectivity index (χ0) is 31.9. The highest BCUT2D eigenvalue weighted by Crippen LogP contribution is 2.52. The Bertz CT molecular complexity index is 964. The predicted octanol–water partition coefficient (Wildman–Crippen LogP) is -0.703. The SMILES string of the molecule is O=C(O)CN1CCN(CC(=O)O)CCN(CC(=O)NCCNC(=O)OC[C@@H]2[C@@H]3CC/C=C\CC[C@@H]32)CCN(CC(=O)O)CC1. The molecule has 3 atom stereocenters. The monoisotopic (exact) mass is 624 g/mol. The minimum atomic E-state index is -1.02. The Morgan fingerprint density at radius 2 is 1.00 bits per heavy atom. The number of carbonyl (C=O) groups is 5. The van der Waals surface area contributed by atoms with E-state index in [1.807, 2.05) is 4.90 Å². The molecule has 15 heteroatoms. The molecule has 1 saturated carbocycles. The third-order valence-corrected chi connectivity index (χ3v) is 8.51. The minimum absolute atomic E-state index is 0.0106. The average molecular weight is 625 g/mol. The van der Waals surface area contributed by atoms with Gasteiger partial charge in [0, 0.05) is 65.4 Å². The number of aliphatic carboxylic acids is 3. The zero-order valence-corrected chi connectivity index (χ0v) is 25.4. The molecule has 0 unspecified atom stereocenters. The van der Waals surface area contributed by atoms with Gasteiger partial charge in [0.25, 0.3) is 0 Å². The molecule has 2 fully saturated rings. The van der Waals surface area contributed by atoms with E-state index < -0.39 is 24.0 Å². The van der Waals surface area contributed by atoms with Gasteiger partial charge in [0.15, 0.2) is 0 Å². The first-order valence-electron chi connectivity index (χ1n) is 15.5. The first-order chi connectivity index (χ1) is 21.1. The second-order valence-corrected chi connectivity index (χ2v) is 11.8. The van der Waals surface area contributed by atoms with Gasteiger partial charge in [-0.25, -0.2) is 4.79 Å². The minimum Gasteiger partial charge on any atom is -0.480 e. The highest BCUT2D eigenvalue weighted by atomic mass is 16.5. The highest BCUT2D eigenvalue weighted by Gasteiger charge is 2.49. The van der Waals surface area contributed by atoms with E-state index >= 15 is 0 Å². The summed E-state index contributed by atoms with van der Waals surface area (Å²) in [5.74, 6) is -1.62. The molecule has 0 bridgehead atoms. The fourth-order valence-corrected chi connectivity index (χ4v) is 6.07. The van der Waals surface area contributed by atoms with Gasteiger partial charge in [0.1, 0.15) is 0 Å². The molecule has 15 nitrogen and oxygen atoms in total. The van der Waals surface area contributed by atoms with Crippen LogP contribution in [-0.2, 0) is 23.9 Å². The van der Waals surface area contributed by atoms with E-state index in [-0.39, 0.29) is 45.2 Å². The molecule has 1 heterocycles. The average Bonchev–Trinajstić information content (AvgIpc) is 3.59. The van der Waals surface area contributed by atoms with Crippen molar-refractivity contribution in [1.82, 2.24) is 30.2 Å². The maximum absolute atomic E-state index is 12.7. The van der Waals surface area contributed by atoms with Gasteiger partial charge in [-0.05, 0) is 43.4 Å². The number of nitrogens with one attached hydrogen (secondary N) is 2. The van der Waals surface area contributed by atoms with Crippen LogP contribution in [0.25, 0.3) is 0 Å². The number of allylic oxidation sites excluding steroid dienone is 2. The molecule has 0 aromatic carbocycles. The lowest BCUT2D eigenvalue weighted by Crippen LogP contribution is -2.50. The molecule has 3 aliphatic rings. The summed E-state index contributed by atoms with van der Waals surface area (Å²) in [4.78, 5) is 66.0. The molecule has 0 spiro atoms. The normalized spacial score (nSPS) is 25.1. The number of hydrogen-bond acceptors (Lipinski definition) is 10.